The quantitative estimate of drug-likeness (QED) is 0.450. The Hall–Kier alpha value is 0.343. The molecule has 0 unspecified atom stereocenters. The molecule has 0 radical (unpaired) electrons. The molecule has 0 bridgehead atoms. The molecule has 2 nitrogen and oxygen atoms in total. The third-order valence-electron chi connectivity index (χ3n) is 3.60. The molecule has 0 aliphatic heterocycles. The van der Waals surface area contributed by atoms with Crippen molar-refractivity contribution >= 4 is 0 Å². The van der Waals surface area contributed by atoms with Crippen LogP contribution in [0.4, 0.5) is 0 Å². The standard InChI is InChI=1S/C16H20O2.2ClH.Zr/c1-12(15-6-2-4-13(15)8-10-17)16-7-3-5-14(16)9-11-18;;;/h4-5,12,17-18H,2-3,8-11H2,1H3;2*1H;/q-2;;;+4/p-2. The van der Waals surface area contributed by atoms with Gasteiger partial charge >= 0.3 is 26.2 Å². The summed E-state index contributed by atoms with van der Waals surface area (Å²) < 4.78 is 0. The number of hydrogen-bond donors (Lipinski definition) is 2. The average molecular weight is 406 g/mol. The maximum Gasteiger partial charge on any atom is 4.00 e. The summed E-state index contributed by atoms with van der Waals surface area (Å²) in [7, 11) is 0. The van der Waals surface area contributed by atoms with E-state index < -0.39 is 0 Å². The molecule has 0 heterocycles. The summed E-state index contributed by atoms with van der Waals surface area (Å²) in [6, 6.07) is 0. The fraction of sp³-hybridized carbons (Fsp3) is 0.500. The van der Waals surface area contributed by atoms with Gasteiger partial charge in [0.25, 0.3) is 0 Å². The molecule has 5 heteroatoms. The fourth-order valence-electron chi connectivity index (χ4n) is 2.74. The normalized spacial score (nSPS) is 16.2. The fourth-order valence-corrected chi connectivity index (χ4v) is 2.74. The van der Waals surface area contributed by atoms with E-state index in [0.29, 0.717) is 12.8 Å². The van der Waals surface area contributed by atoms with Crippen LogP contribution in [0.3, 0.4) is 0 Å². The van der Waals surface area contributed by atoms with Gasteiger partial charge in [-0.05, 0) is 0 Å². The second-order valence-corrected chi connectivity index (χ2v) is 4.72. The molecule has 0 aromatic rings. The zero-order valence-electron chi connectivity index (χ0n) is 12.1. The third kappa shape index (κ3) is 5.80. The Labute approximate surface area is 159 Å². The summed E-state index contributed by atoms with van der Waals surface area (Å²) in [5, 5.41) is 18.2. The van der Waals surface area contributed by atoms with Crippen LogP contribution in [-0.4, -0.2) is 23.4 Å². The van der Waals surface area contributed by atoms with Crippen LogP contribution in [0.2, 0.25) is 0 Å². The van der Waals surface area contributed by atoms with Crippen molar-refractivity contribution in [3.63, 3.8) is 0 Å². The zero-order chi connectivity index (χ0) is 13.0. The number of hydrogen-bond acceptors (Lipinski definition) is 2. The van der Waals surface area contributed by atoms with Crippen molar-refractivity contribution in [2.24, 2.45) is 5.92 Å². The van der Waals surface area contributed by atoms with Crippen molar-refractivity contribution < 1.29 is 61.2 Å². The molecule has 2 rings (SSSR count). The molecule has 0 fully saturated rings. The van der Waals surface area contributed by atoms with Crippen LogP contribution in [0.25, 0.3) is 0 Å². The first kappa shape index (κ1) is 23.6. The summed E-state index contributed by atoms with van der Waals surface area (Å²) in [5.41, 5.74) is 4.85. The van der Waals surface area contributed by atoms with E-state index in [0.717, 1.165) is 12.8 Å². The Morgan fingerprint density at radius 1 is 0.952 bits per heavy atom. The minimum absolute atomic E-state index is 0. The van der Waals surface area contributed by atoms with Crippen LogP contribution in [0.5, 0.6) is 0 Å². The molecule has 2 N–H and O–H groups in total. The minimum Gasteiger partial charge on any atom is -1.00 e. The first-order valence-electron chi connectivity index (χ1n) is 6.60. The van der Waals surface area contributed by atoms with E-state index in [2.05, 4.69) is 31.2 Å². The Morgan fingerprint density at radius 2 is 1.33 bits per heavy atom. The smallest absolute Gasteiger partial charge is 1.00 e. The molecule has 0 saturated carbocycles. The molecule has 0 aromatic heterocycles. The summed E-state index contributed by atoms with van der Waals surface area (Å²) in [4.78, 5) is 0. The van der Waals surface area contributed by atoms with E-state index in [9.17, 15) is 0 Å². The van der Waals surface area contributed by atoms with Gasteiger partial charge in [0.2, 0.25) is 0 Å². The number of rotatable bonds is 6. The van der Waals surface area contributed by atoms with Gasteiger partial charge in [0.15, 0.2) is 0 Å². The number of allylic oxidation sites excluding steroid dienone is 6. The molecular weight excluding hydrogens is 386 g/mol. The van der Waals surface area contributed by atoms with Crippen molar-refractivity contribution in [2.75, 3.05) is 13.2 Å². The Morgan fingerprint density at radius 3 is 1.67 bits per heavy atom. The van der Waals surface area contributed by atoms with Gasteiger partial charge in [0.1, 0.15) is 0 Å². The average Bonchev–Trinajstić information content (AvgIpc) is 2.98. The predicted octanol–water partition coefficient (Wildman–Crippen LogP) is -3.49. The van der Waals surface area contributed by atoms with E-state index in [4.69, 9.17) is 10.2 Å². The molecule has 2 aliphatic rings. The molecule has 0 aromatic carbocycles. The number of halogens is 2. The summed E-state index contributed by atoms with van der Waals surface area (Å²) in [5.74, 6) is 0.269. The largest absolute Gasteiger partial charge is 4.00 e. The Bertz CT molecular complexity index is 400. The van der Waals surface area contributed by atoms with Gasteiger partial charge in [-0.15, -0.1) is 12.8 Å². The van der Waals surface area contributed by atoms with Crippen molar-refractivity contribution in [1.29, 1.82) is 0 Å². The van der Waals surface area contributed by atoms with E-state index in [1.165, 1.54) is 22.3 Å². The predicted molar refractivity (Wildman–Crippen MR) is 71.5 cm³/mol. The van der Waals surface area contributed by atoms with Gasteiger partial charge in [-0.2, -0.15) is 23.3 Å². The van der Waals surface area contributed by atoms with Gasteiger partial charge in [-0.3, -0.25) is 12.2 Å². The zero-order valence-corrected chi connectivity index (χ0v) is 16.1. The van der Waals surface area contributed by atoms with Crippen LogP contribution in [0, 0.1) is 18.1 Å². The SMILES string of the molecule is CC(C1=[C-]CC=C1CCO)C1=[C-]CC=C1CCO.[Cl-].[Cl-].[Zr+4]. The van der Waals surface area contributed by atoms with Crippen molar-refractivity contribution in [3.8, 4) is 0 Å². The Balaban J connectivity index is 0. The van der Waals surface area contributed by atoms with Crippen LogP contribution < -0.4 is 24.8 Å². The summed E-state index contributed by atoms with van der Waals surface area (Å²) in [6.07, 6.45) is 14.2. The monoisotopic (exact) mass is 404 g/mol. The van der Waals surface area contributed by atoms with Crippen LogP contribution in [0.1, 0.15) is 32.6 Å². The van der Waals surface area contributed by atoms with Crippen molar-refractivity contribution in [3.05, 3.63) is 46.6 Å². The Kier molecular flexibility index (Phi) is 13.3. The van der Waals surface area contributed by atoms with Gasteiger partial charge in [0, 0.05) is 13.2 Å². The summed E-state index contributed by atoms with van der Waals surface area (Å²) >= 11 is 0. The molecule has 0 spiro atoms. The molecule has 0 atom stereocenters. The van der Waals surface area contributed by atoms with Crippen molar-refractivity contribution in [2.45, 2.75) is 32.6 Å². The molecule has 2 aliphatic carbocycles. The molecular formula is C16H20Cl2O2Zr. The number of aliphatic hydroxyl groups is 2. The minimum atomic E-state index is 0. The molecule has 21 heavy (non-hydrogen) atoms. The topological polar surface area (TPSA) is 40.5 Å². The van der Waals surface area contributed by atoms with E-state index >= 15 is 0 Å². The van der Waals surface area contributed by atoms with Gasteiger partial charge in [0.05, 0.1) is 0 Å². The molecule has 0 saturated heterocycles. The van der Waals surface area contributed by atoms with Crippen molar-refractivity contribution in [1.82, 2.24) is 0 Å². The first-order chi connectivity index (χ1) is 8.77. The maximum absolute atomic E-state index is 9.08. The van der Waals surface area contributed by atoms with Crippen LogP contribution >= 0.6 is 0 Å². The van der Waals surface area contributed by atoms with Gasteiger partial charge in [-0.1, -0.05) is 25.7 Å². The second kappa shape index (κ2) is 11.9. The van der Waals surface area contributed by atoms with E-state index in [-0.39, 0.29) is 70.1 Å². The second-order valence-electron chi connectivity index (χ2n) is 4.72. The van der Waals surface area contributed by atoms with Crippen LogP contribution in [0.15, 0.2) is 34.4 Å². The molecule has 0 amide bonds. The van der Waals surface area contributed by atoms with Gasteiger partial charge < -0.3 is 35.0 Å². The van der Waals surface area contributed by atoms with Gasteiger partial charge in [-0.25, -0.2) is 11.1 Å². The van der Waals surface area contributed by atoms with E-state index in [1.807, 2.05) is 0 Å². The maximum atomic E-state index is 9.08. The number of aliphatic hydroxyl groups excluding tert-OH is 2. The first-order valence-corrected chi connectivity index (χ1v) is 6.60. The molecule has 114 valence electrons. The third-order valence-corrected chi connectivity index (χ3v) is 3.60. The van der Waals surface area contributed by atoms with Crippen LogP contribution in [-0.2, 0) is 26.2 Å². The summed E-state index contributed by atoms with van der Waals surface area (Å²) in [6.45, 7) is 2.54. The van der Waals surface area contributed by atoms with E-state index in [1.54, 1.807) is 0 Å².